The molecule has 3 rings (SSSR count). The molecule has 1 atom stereocenters. The van der Waals surface area contributed by atoms with Crippen molar-refractivity contribution in [3.05, 3.63) is 42.1 Å². The summed E-state index contributed by atoms with van der Waals surface area (Å²) < 4.78 is 0. The molecule has 5 heteroatoms. The first kappa shape index (κ1) is 20.2. The van der Waals surface area contributed by atoms with Gasteiger partial charge < -0.3 is 5.32 Å². The second-order valence-corrected chi connectivity index (χ2v) is 5.86. The smallest absolute Gasteiger partial charge is 0.0705 e. The number of pyridine rings is 1. The van der Waals surface area contributed by atoms with Crippen LogP contribution in [-0.4, -0.2) is 36.1 Å². The number of unbranched alkanes of at least 4 members (excludes halogenated alkanes) is 1. The van der Waals surface area contributed by atoms with Crippen LogP contribution in [0.5, 0.6) is 0 Å². The molecule has 0 amide bonds. The number of fused-ring (bicyclic) bond motifs is 1. The minimum Gasteiger partial charge on any atom is -0.314 e. The van der Waals surface area contributed by atoms with E-state index in [-0.39, 0.29) is 24.8 Å². The molecule has 0 saturated carbocycles. The number of rotatable bonds is 5. The molecule has 0 radical (unpaired) electrons. The van der Waals surface area contributed by atoms with Crippen LogP contribution in [0.3, 0.4) is 0 Å². The van der Waals surface area contributed by atoms with Gasteiger partial charge in [0.15, 0.2) is 0 Å². The van der Waals surface area contributed by atoms with E-state index >= 15 is 0 Å². The van der Waals surface area contributed by atoms with Crippen LogP contribution < -0.4 is 5.32 Å². The molecule has 3 nitrogen and oxygen atoms in total. The lowest BCUT2D eigenvalue weighted by molar-refractivity contribution is 0.164. The predicted molar refractivity (Wildman–Crippen MR) is 103 cm³/mol. The van der Waals surface area contributed by atoms with E-state index in [9.17, 15) is 0 Å². The lowest BCUT2D eigenvalue weighted by atomic mass is 9.95. The number of halogens is 2. The van der Waals surface area contributed by atoms with Crippen molar-refractivity contribution in [2.24, 2.45) is 0 Å². The second-order valence-electron chi connectivity index (χ2n) is 5.86. The van der Waals surface area contributed by atoms with Gasteiger partial charge in [0, 0.05) is 43.8 Å². The molecule has 1 aliphatic heterocycles. The molecule has 1 aromatic heterocycles. The standard InChI is InChI=1S/C18H25N3.2ClH/c1-2-3-8-18(21-13-11-19-12-14-21)16-9-10-20-17-7-5-4-6-15(16)17;;/h4-7,9-10,18-19H,2-3,8,11-14H2,1H3;2*1H/t18-;;/m0../s1. The van der Waals surface area contributed by atoms with Crippen molar-refractivity contribution in [1.82, 2.24) is 15.2 Å². The first-order chi connectivity index (χ1) is 10.4. The summed E-state index contributed by atoms with van der Waals surface area (Å²) in [6, 6.07) is 11.3. The van der Waals surface area contributed by atoms with Gasteiger partial charge in [-0.05, 0) is 24.1 Å². The summed E-state index contributed by atoms with van der Waals surface area (Å²) in [7, 11) is 0. The summed E-state index contributed by atoms with van der Waals surface area (Å²) in [6.45, 7) is 6.77. The molecular weight excluding hydrogens is 329 g/mol. The summed E-state index contributed by atoms with van der Waals surface area (Å²) in [5.74, 6) is 0. The maximum atomic E-state index is 4.52. The second kappa shape index (κ2) is 10.1. The van der Waals surface area contributed by atoms with E-state index in [0.29, 0.717) is 6.04 Å². The lowest BCUT2D eigenvalue weighted by Gasteiger charge is -2.35. The van der Waals surface area contributed by atoms with Crippen molar-refractivity contribution < 1.29 is 0 Å². The number of nitrogens with one attached hydrogen (secondary N) is 1. The summed E-state index contributed by atoms with van der Waals surface area (Å²) in [4.78, 5) is 7.17. The van der Waals surface area contributed by atoms with Crippen molar-refractivity contribution in [3.8, 4) is 0 Å². The maximum Gasteiger partial charge on any atom is 0.0705 e. The SMILES string of the molecule is CCCC[C@@H](c1ccnc2ccccc12)N1CCNCC1.Cl.Cl. The minimum atomic E-state index is 0. The van der Waals surface area contributed by atoms with E-state index in [4.69, 9.17) is 0 Å². The summed E-state index contributed by atoms with van der Waals surface area (Å²) in [5, 5.41) is 4.78. The summed E-state index contributed by atoms with van der Waals surface area (Å²) >= 11 is 0. The lowest BCUT2D eigenvalue weighted by Crippen LogP contribution is -2.45. The van der Waals surface area contributed by atoms with Gasteiger partial charge in [-0.15, -0.1) is 24.8 Å². The highest BCUT2D eigenvalue weighted by Gasteiger charge is 2.23. The molecule has 1 aliphatic rings. The first-order valence-corrected chi connectivity index (χ1v) is 8.18. The van der Waals surface area contributed by atoms with Crippen LogP contribution in [0, 0.1) is 0 Å². The number of benzene rings is 1. The Balaban J connectivity index is 0.00000132. The normalized spacial score (nSPS) is 16.4. The Bertz CT molecular complexity index is 580. The molecule has 2 aromatic rings. The van der Waals surface area contributed by atoms with Crippen molar-refractivity contribution in [1.29, 1.82) is 0 Å². The van der Waals surface area contributed by atoms with Crippen molar-refractivity contribution in [2.75, 3.05) is 26.2 Å². The monoisotopic (exact) mass is 355 g/mol. The summed E-state index contributed by atoms with van der Waals surface area (Å²) in [5.41, 5.74) is 2.57. The topological polar surface area (TPSA) is 28.2 Å². The van der Waals surface area contributed by atoms with Crippen LogP contribution in [-0.2, 0) is 0 Å². The van der Waals surface area contributed by atoms with Gasteiger partial charge in [-0.2, -0.15) is 0 Å². The fourth-order valence-corrected chi connectivity index (χ4v) is 3.33. The highest BCUT2D eigenvalue weighted by atomic mass is 35.5. The van der Waals surface area contributed by atoms with Gasteiger partial charge >= 0.3 is 0 Å². The Labute approximate surface area is 151 Å². The molecule has 0 unspecified atom stereocenters. The van der Waals surface area contributed by atoms with Crippen LogP contribution >= 0.6 is 24.8 Å². The molecule has 0 aliphatic carbocycles. The highest BCUT2D eigenvalue weighted by molar-refractivity contribution is 5.85. The number of nitrogens with zero attached hydrogens (tertiary/aromatic N) is 2. The van der Waals surface area contributed by atoms with E-state index in [2.05, 4.69) is 52.5 Å². The molecule has 23 heavy (non-hydrogen) atoms. The molecule has 1 fully saturated rings. The molecule has 1 aromatic carbocycles. The predicted octanol–water partition coefficient (Wildman–Crippen LogP) is 4.21. The largest absolute Gasteiger partial charge is 0.314 e. The van der Waals surface area contributed by atoms with Gasteiger partial charge in [0.05, 0.1) is 5.52 Å². The van der Waals surface area contributed by atoms with Crippen molar-refractivity contribution >= 4 is 35.7 Å². The van der Waals surface area contributed by atoms with Crippen molar-refractivity contribution in [3.63, 3.8) is 0 Å². The van der Waals surface area contributed by atoms with Crippen LogP contribution in [0.1, 0.15) is 37.8 Å². The first-order valence-electron chi connectivity index (χ1n) is 8.18. The van der Waals surface area contributed by atoms with Gasteiger partial charge in [0.2, 0.25) is 0 Å². The molecule has 0 spiro atoms. The van der Waals surface area contributed by atoms with E-state index in [1.54, 1.807) is 0 Å². The van der Waals surface area contributed by atoms with E-state index in [1.807, 2.05) is 6.20 Å². The Morgan fingerprint density at radius 3 is 2.61 bits per heavy atom. The Kier molecular flexibility index (Phi) is 8.85. The van der Waals surface area contributed by atoms with Gasteiger partial charge in [0.25, 0.3) is 0 Å². The summed E-state index contributed by atoms with van der Waals surface area (Å²) in [6.07, 6.45) is 5.75. The third-order valence-electron chi connectivity index (χ3n) is 4.47. The number of piperazine rings is 1. The van der Waals surface area contributed by atoms with Gasteiger partial charge in [-0.1, -0.05) is 38.0 Å². The van der Waals surface area contributed by atoms with Crippen LogP contribution in [0.4, 0.5) is 0 Å². The van der Waals surface area contributed by atoms with Crippen LogP contribution in [0.15, 0.2) is 36.5 Å². The molecule has 1 N–H and O–H groups in total. The highest BCUT2D eigenvalue weighted by Crippen LogP contribution is 2.31. The Morgan fingerprint density at radius 1 is 1.13 bits per heavy atom. The molecule has 1 saturated heterocycles. The number of hydrogen-bond acceptors (Lipinski definition) is 3. The van der Waals surface area contributed by atoms with Crippen LogP contribution in [0.2, 0.25) is 0 Å². The van der Waals surface area contributed by atoms with Crippen LogP contribution in [0.25, 0.3) is 10.9 Å². The molecule has 128 valence electrons. The molecule has 2 heterocycles. The zero-order valence-electron chi connectivity index (χ0n) is 13.7. The van der Waals surface area contributed by atoms with E-state index in [0.717, 1.165) is 31.7 Å². The minimum absolute atomic E-state index is 0. The molecule has 0 bridgehead atoms. The fourth-order valence-electron chi connectivity index (χ4n) is 3.33. The average molecular weight is 356 g/mol. The third-order valence-corrected chi connectivity index (χ3v) is 4.47. The number of para-hydroxylation sites is 1. The number of aromatic nitrogens is 1. The van der Waals surface area contributed by atoms with Gasteiger partial charge in [-0.3, -0.25) is 9.88 Å². The maximum absolute atomic E-state index is 4.52. The molecular formula is C18H27Cl2N3. The Hall–Kier alpha value is -0.870. The third kappa shape index (κ3) is 4.80. The van der Waals surface area contributed by atoms with Gasteiger partial charge in [-0.25, -0.2) is 0 Å². The number of hydrogen-bond donors (Lipinski definition) is 1. The Morgan fingerprint density at radius 2 is 1.87 bits per heavy atom. The fraction of sp³-hybridized carbons (Fsp3) is 0.500. The quantitative estimate of drug-likeness (QED) is 0.870. The zero-order chi connectivity index (χ0) is 14.5. The average Bonchev–Trinajstić information content (AvgIpc) is 2.56. The van der Waals surface area contributed by atoms with E-state index in [1.165, 1.54) is 30.2 Å². The zero-order valence-corrected chi connectivity index (χ0v) is 15.3. The van der Waals surface area contributed by atoms with Crippen molar-refractivity contribution in [2.45, 2.75) is 32.2 Å². The van der Waals surface area contributed by atoms with Gasteiger partial charge in [0.1, 0.15) is 0 Å². The van der Waals surface area contributed by atoms with E-state index < -0.39 is 0 Å².